The SMILES string of the molecule is CC(C)(C)[N-][C@@H](C(=O)c1ccccc1)[C@@H]([N-]C(C)(C)C)c1ccccc1.[O]=[Os+2]=[O]. The minimum atomic E-state index is -2.08. The summed E-state index contributed by atoms with van der Waals surface area (Å²) in [6.45, 7) is 12.3. The van der Waals surface area contributed by atoms with Crippen LogP contribution in [0.5, 0.6) is 0 Å². The first kappa shape index (κ1) is 25.3. The van der Waals surface area contributed by atoms with Gasteiger partial charge >= 0.3 is 24.4 Å². The van der Waals surface area contributed by atoms with E-state index in [1.165, 1.54) is 0 Å². The Hall–Kier alpha value is -1.73. The molecule has 0 amide bonds. The van der Waals surface area contributed by atoms with Crippen molar-refractivity contribution in [2.24, 2.45) is 0 Å². The second-order valence-electron chi connectivity index (χ2n) is 8.69. The number of ketones is 1. The molecule has 0 aromatic heterocycles. The van der Waals surface area contributed by atoms with E-state index in [2.05, 4.69) is 20.8 Å². The van der Waals surface area contributed by atoms with Crippen LogP contribution in [0.2, 0.25) is 0 Å². The Morgan fingerprint density at radius 3 is 1.59 bits per heavy atom. The molecule has 2 rings (SSSR count). The number of hydrogen-bond acceptors (Lipinski definition) is 3. The molecule has 0 aliphatic carbocycles. The third-order valence-corrected chi connectivity index (χ3v) is 3.82. The molecule has 2 aromatic rings. The Morgan fingerprint density at radius 1 is 0.759 bits per heavy atom. The van der Waals surface area contributed by atoms with Crippen LogP contribution in [0.15, 0.2) is 60.7 Å². The molecule has 6 heteroatoms. The van der Waals surface area contributed by atoms with Gasteiger partial charge in [-0.3, -0.25) is 4.79 Å². The molecule has 0 heterocycles. The summed E-state index contributed by atoms with van der Waals surface area (Å²) in [5.41, 5.74) is 1.08. The molecule has 0 aliphatic rings. The topological polar surface area (TPSA) is 79.4 Å². The molecule has 0 aliphatic heterocycles. The van der Waals surface area contributed by atoms with E-state index in [4.69, 9.17) is 17.7 Å². The van der Waals surface area contributed by atoms with Crippen molar-refractivity contribution < 1.29 is 29.2 Å². The number of nitrogens with zero attached hydrogens (tertiary/aromatic N) is 2. The first-order valence-corrected chi connectivity index (χ1v) is 11.5. The van der Waals surface area contributed by atoms with Crippen LogP contribution in [-0.4, -0.2) is 22.9 Å². The number of carbonyl (C=O) groups excluding carboxylic acids is 1. The van der Waals surface area contributed by atoms with Crippen LogP contribution in [0.4, 0.5) is 0 Å². The van der Waals surface area contributed by atoms with Gasteiger partial charge in [-0.25, -0.2) is 0 Å². The molecule has 5 nitrogen and oxygen atoms in total. The van der Waals surface area contributed by atoms with Crippen molar-refractivity contribution in [3.8, 4) is 0 Å². The van der Waals surface area contributed by atoms with Gasteiger partial charge in [0.2, 0.25) is 0 Å². The summed E-state index contributed by atoms with van der Waals surface area (Å²) in [4.78, 5) is 13.4. The Bertz CT molecular complexity index is 790. The molecule has 0 unspecified atom stereocenters. The van der Waals surface area contributed by atoms with E-state index in [0.29, 0.717) is 5.56 Å². The first-order valence-electron chi connectivity index (χ1n) is 9.44. The first-order chi connectivity index (χ1) is 13.5. The van der Waals surface area contributed by atoms with E-state index in [1.807, 2.05) is 81.4 Å². The zero-order valence-electron chi connectivity index (χ0n) is 17.9. The average molecular weight is 573 g/mol. The van der Waals surface area contributed by atoms with Crippen molar-refractivity contribution >= 4 is 5.78 Å². The quantitative estimate of drug-likeness (QED) is 0.394. The minimum absolute atomic E-state index is 0.0161. The summed E-state index contributed by atoms with van der Waals surface area (Å²) in [5, 5.41) is 9.90. The van der Waals surface area contributed by atoms with Crippen LogP contribution in [0.25, 0.3) is 10.6 Å². The molecule has 0 fully saturated rings. The van der Waals surface area contributed by atoms with Crippen molar-refractivity contribution in [1.82, 2.24) is 0 Å². The Morgan fingerprint density at radius 2 is 1.17 bits per heavy atom. The third-order valence-electron chi connectivity index (χ3n) is 3.82. The van der Waals surface area contributed by atoms with E-state index in [0.717, 1.165) is 5.56 Å². The van der Waals surface area contributed by atoms with Crippen molar-refractivity contribution in [2.45, 2.75) is 64.7 Å². The van der Waals surface area contributed by atoms with Crippen LogP contribution < -0.4 is 0 Å². The van der Waals surface area contributed by atoms with Gasteiger partial charge < -0.3 is 10.6 Å². The molecule has 158 valence electrons. The second kappa shape index (κ2) is 11.5. The zero-order chi connectivity index (χ0) is 22.1. The normalized spacial score (nSPS) is 13.6. The van der Waals surface area contributed by atoms with Crippen LogP contribution in [0.3, 0.4) is 0 Å². The number of carbonyl (C=O) groups is 1. The van der Waals surface area contributed by atoms with Crippen molar-refractivity contribution in [3.05, 3.63) is 82.4 Å². The van der Waals surface area contributed by atoms with Crippen LogP contribution in [-0.2, 0) is 24.4 Å². The fourth-order valence-electron chi connectivity index (χ4n) is 2.86. The average Bonchev–Trinajstić information content (AvgIpc) is 2.64. The summed E-state index contributed by atoms with van der Waals surface area (Å²) in [7, 11) is 0. The van der Waals surface area contributed by atoms with E-state index in [-0.39, 0.29) is 22.9 Å². The fourth-order valence-corrected chi connectivity index (χ4v) is 2.86. The van der Waals surface area contributed by atoms with Crippen LogP contribution in [0.1, 0.15) is 63.5 Å². The molecule has 0 radical (unpaired) electrons. The van der Waals surface area contributed by atoms with Gasteiger partial charge in [0.25, 0.3) is 0 Å². The number of hydrogen-bond donors (Lipinski definition) is 0. The molecule has 0 saturated heterocycles. The van der Waals surface area contributed by atoms with E-state index >= 15 is 0 Å². The molecule has 0 saturated carbocycles. The van der Waals surface area contributed by atoms with Gasteiger partial charge in [-0.2, -0.15) is 0 Å². The molecular weight excluding hydrogens is 542 g/mol. The molecule has 0 N–H and O–H groups in total. The summed E-state index contributed by atoms with van der Waals surface area (Å²) in [6.07, 6.45) is 0. The third kappa shape index (κ3) is 9.54. The van der Waals surface area contributed by atoms with Gasteiger partial charge in [-0.1, -0.05) is 114 Å². The van der Waals surface area contributed by atoms with E-state index in [9.17, 15) is 4.79 Å². The van der Waals surface area contributed by atoms with Crippen LogP contribution in [0, 0.1) is 0 Å². The summed E-state index contributed by atoms with van der Waals surface area (Å²) >= 11 is -2.08. The molecule has 2 aromatic carbocycles. The van der Waals surface area contributed by atoms with Gasteiger partial charge in [-0.15, -0.1) is 17.1 Å². The van der Waals surface area contributed by atoms with Gasteiger partial charge in [-0.05, 0) is 0 Å². The number of Topliss-reactive ketones (excluding diaryl/α,β-unsaturated/α-hetero) is 1. The van der Waals surface area contributed by atoms with Gasteiger partial charge in [0.15, 0.2) is 0 Å². The molecule has 0 spiro atoms. The van der Waals surface area contributed by atoms with Gasteiger partial charge in [0.1, 0.15) is 5.78 Å². The Labute approximate surface area is 182 Å². The molecule has 0 bridgehead atoms. The van der Waals surface area contributed by atoms with Crippen LogP contribution >= 0.6 is 0 Å². The predicted octanol–water partition coefficient (Wildman–Crippen LogP) is 6.08. The maximum atomic E-state index is 13.4. The molecular formula is C23H30N2O3Os. The zero-order valence-corrected chi connectivity index (χ0v) is 20.4. The number of rotatable bonds is 6. The summed E-state index contributed by atoms with van der Waals surface area (Å²) in [5.74, 6) is 0.0161. The second-order valence-corrected chi connectivity index (χ2v) is 9.11. The molecule has 2 atom stereocenters. The van der Waals surface area contributed by atoms with Gasteiger partial charge in [0, 0.05) is 5.56 Å². The van der Waals surface area contributed by atoms with Crippen molar-refractivity contribution in [3.63, 3.8) is 0 Å². The van der Waals surface area contributed by atoms with Crippen molar-refractivity contribution in [2.75, 3.05) is 0 Å². The predicted molar refractivity (Wildman–Crippen MR) is 111 cm³/mol. The number of benzene rings is 2. The van der Waals surface area contributed by atoms with E-state index < -0.39 is 23.4 Å². The summed E-state index contributed by atoms with van der Waals surface area (Å²) < 4.78 is 17.0. The van der Waals surface area contributed by atoms with E-state index in [1.54, 1.807) is 0 Å². The maximum absolute atomic E-state index is 13.4. The standard InChI is InChI=1S/C23H30N2O.2O.Os/c1-22(2,3)24-19(17-13-9-7-10-14-17)20(25-23(4,5)6)21(26)18-15-11-8-12-16-18;;;/h7-16,19-20H,1-6H3;;;/q-2;;;+2/t19-,20+;;;/m0.../s1. The van der Waals surface area contributed by atoms with Gasteiger partial charge in [0.05, 0.1) is 0 Å². The Kier molecular flexibility index (Phi) is 9.99. The monoisotopic (exact) mass is 574 g/mol. The fraction of sp³-hybridized carbons (Fsp3) is 0.435. The Balaban J connectivity index is 0.00000132. The summed E-state index contributed by atoms with van der Waals surface area (Å²) in [6, 6.07) is 18.5. The van der Waals surface area contributed by atoms with Crippen molar-refractivity contribution in [1.29, 1.82) is 0 Å². The molecule has 29 heavy (non-hydrogen) atoms.